The average molecular weight is 524 g/mol. The normalized spacial score (nSPS) is 10.7. The third-order valence-electron chi connectivity index (χ3n) is 4.96. The summed E-state index contributed by atoms with van der Waals surface area (Å²) >= 11 is 3.46. The number of amides is 2. The minimum atomic E-state index is -0.308. The van der Waals surface area contributed by atoms with Crippen LogP contribution in [0.4, 0.5) is 5.69 Å². The number of carbonyl (C=O) groups is 2. The van der Waals surface area contributed by atoms with Gasteiger partial charge in [-0.05, 0) is 83.7 Å². The van der Waals surface area contributed by atoms with E-state index < -0.39 is 0 Å². The first-order valence-corrected chi connectivity index (χ1v) is 11.3. The van der Waals surface area contributed by atoms with Crippen LogP contribution in [-0.4, -0.2) is 31.7 Å². The summed E-state index contributed by atoms with van der Waals surface area (Å²) in [5.74, 6) is 0.212. The van der Waals surface area contributed by atoms with Crippen molar-refractivity contribution in [3.8, 4) is 11.5 Å². The summed E-state index contributed by atoms with van der Waals surface area (Å²) in [4.78, 5) is 24.6. The molecule has 0 radical (unpaired) electrons. The molecule has 3 aromatic carbocycles. The summed E-state index contributed by atoms with van der Waals surface area (Å²) in [5.41, 5.74) is 7.53. The van der Waals surface area contributed by atoms with Crippen molar-refractivity contribution in [3.63, 3.8) is 0 Å². The highest BCUT2D eigenvalue weighted by Crippen LogP contribution is 2.36. The summed E-state index contributed by atoms with van der Waals surface area (Å²) < 4.78 is 11.7. The maximum absolute atomic E-state index is 12.4. The molecular formula is C26H26BrN3O4. The van der Waals surface area contributed by atoms with E-state index in [-0.39, 0.29) is 18.4 Å². The average Bonchev–Trinajstić information content (AvgIpc) is 2.80. The van der Waals surface area contributed by atoms with Crippen LogP contribution in [0.15, 0.2) is 64.2 Å². The molecule has 0 saturated carbocycles. The molecule has 0 aliphatic carbocycles. The van der Waals surface area contributed by atoms with Gasteiger partial charge in [-0.3, -0.25) is 9.59 Å². The standard InChI is InChI=1S/C26H26BrN3O4/c1-16-6-9-20(10-7-16)26(32)30-28-14-19-12-21(27)25(23(13-19)33-4)34-15-24(31)29-22-11-17(2)5-8-18(22)3/h5-14H,15H2,1-4H3,(H,29,31)(H,30,32)/b28-14+. The Bertz CT molecular complexity index is 1220. The van der Waals surface area contributed by atoms with Gasteiger partial charge in [-0.15, -0.1) is 0 Å². The molecule has 176 valence electrons. The number of carbonyl (C=O) groups excluding carboxylic acids is 2. The lowest BCUT2D eigenvalue weighted by Crippen LogP contribution is -2.21. The van der Waals surface area contributed by atoms with E-state index in [0.29, 0.717) is 27.1 Å². The van der Waals surface area contributed by atoms with Crippen molar-refractivity contribution in [2.75, 3.05) is 19.0 Å². The number of methoxy groups -OCH3 is 1. The Kier molecular flexibility index (Phi) is 8.43. The number of hydrazone groups is 1. The summed E-state index contributed by atoms with van der Waals surface area (Å²) in [6.45, 7) is 5.66. The molecule has 7 nitrogen and oxygen atoms in total. The smallest absolute Gasteiger partial charge is 0.271 e. The van der Waals surface area contributed by atoms with Crippen molar-refractivity contribution < 1.29 is 19.1 Å². The Morgan fingerprint density at radius 2 is 1.71 bits per heavy atom. The van der Waals surface area contributed by atoms with Gasteiger partial charge < -0.3 is 14.8 Å². The Morgan fingerprint density at radius 1 is 1.00 bits per heavy atom. The highest BCUT2D eigenvalue weighted by atomic mass is 79.9. The van der Waals surface area contributed by atoms with Gasteiger partial charge in [0, 0.05) is 11.3 Å². The van der Waals surface area contributed by atoms with Crippen LogP contribution in [0, 0.1) is 20.8 Å². The predicted octanol–water partition coefficient (Wildman–Crippen LogP) is 5.16. The maximum atomic E-state index is 12.4. The topological polar surface area (TPSA) is 89.0 Å². The third kappa shape index (κ3) is 6.68. The summed E-state index contributed by atoms with van der Waals surface area (Å²) in [5, 5.41) is 6.88. The van der Waals surface area contributed by atoms with Gasteiger partial charge >= 0.3 is 0 Å². The zero-order chi connectivity index (χ0) is 24.7. The van der Waals surface area contributed by atoms with E-state index in [2.05, 4.69) is 31.8 Å². The zero-order valence-corrected chi connectivity index (χ0v) is 21.0. The van der Waals surface area contributed by atoms with Crippen molar-refractivity contribution >= 4 is 39.6 Å². The highest BCUT2D eigenvalue weighted by molar-refractivity contribution is 9.10. The highest BCUT2D eigenvalue weighted by Gasteiger charge is 2.14. The lowest BCUT2D eigenvalue weighted by atomic mass is 10.1. The molecule has 0 atom stereocenters. The van der Waals surface area contributed by atoms with Crippen molar-refractivity contribution in [1.29, 1.82) is 0 Å². The fourth-order valence-electron chi connectivity index (χ4n) is 3.08. The first-order valence-electron chi connectivity index (χ1n) is 10.5. The van der Waals surface area contributed by atoms with Gasteiger partial charge in [-0.2, -0.15) is 5.10 Å². The molecule has 0 fully saturated rings. The van der Waals surface area contributed by atoms with Crippen molar-refractivity contribution in [2.45, 2.75) is 20.8 Å². The molecule has 0 aliphatic rings. The fraction of sp³-hybridized carbons (Fsp3) is 0.192. The van der Waals surface area contributed by atoms with Crippen molar-refractivity contribution in [3.05, 3.63) is 86.9 Å². The molecule has 3 aromatic rings. The van der Waals surface area contributed by atoms with Gasteiger partial charge in [0.25, 0.3) is 11.8 Å². The van der Waals surface area contributed by atoms with Crippen LogP contribution in [0.2, 0.25) is 0 Å². The van der Waals surface area contributed by atoms with Crippen LogP contribution in [0.3, 0.4) is 0 Å². The van der Waals surface area contributed by atoms with E-state index in [4.69, 9.17) is 9.47 Å². The van der Waals surface area contributed by atoms with Crippen molar-refractivity contribution in [1.82, 2.24) is 5.43 Å². The number of hydrogen-bond donors (Lipinski definition) is 2. The number of benzene rings is 3. The SMILES string of the molecule is COc1cc(/C=N/NC(=O)c2ccc(C)cc2)cc(Br)c1OCC(=O)Nc1cc(C)ccc1C. The van der Waals surface area contributed by atoms with E-state index in [9.17, 15) is 9.59 Å². The van der Waals surface area contributed by atoms with Crippen LogP contribution in [0.1, 0.15) is 32.6 Å². The Morgan fingerprint density at radius 3 is 2.41 bits per heavy atom. The van der Waals surface area contributed by atoms with Gasteiger partial charge in [0.15, 0.2) is 18.1 Å². The largest absolute Gasteiger partial charge is 0.493 e. The lowest BCUT2D eigenvalue weighted by Gasteiger charge is -2.14. The van der Waals surface area contributed by atoms with E-state index in [1.54, 1.807) is 24.3 Å². The number of rotatable bonds is 8. The molecule has 0 aromatic heterocycles. The number of ether oxygens (including phenoxy) is 2. The number of hydrogen-bond acceptors (Lipinski definition) is 5. The molecule has 0 aliphatic heterocycles. The van der Waals surface area contributed by atoms with Gasteiger partial charge in [0.2, 0.25) is 0 Å². The Hall–Kier alpha value is -3.65. The molecule has 0 saturated heterocycles. The molecule has 2 amide bonds. The second-order valence-corrected chi connectivity index (χ2v) is 8.61. The number of anilines is 1. The Labute approximate surface area is 207 Å². The number of nitrogens with zero attached hydrogens (tertiary/aromatic N) is 1. The van der Waals surface area contributed by atoms with Gasteiger partial charge in [-0.25, -0.2) is 5.43 Å². The summed E-state index contributed by atoms with van der Waals surface area (Å²) in [6.07, 6.45) is 1.50. The maximum Gasteiger partial charge on any atom is 0.271 e. The summed E-state index contributed by atoms with van der Waals surface area (Å²) in [7, 11) is 1.50. The second-order valence-electron chi connectivity index (χ2n) is 7.75. The molecular weight excluding hydrogens is 498 g/mol. The first kappa shape index (κ1) is 25.0. The van der Waals surface area contributed by atoms with E-state index >= 15 is 0 Å². The predicted molar refractivity (Wildman–Crippen MR) is 137 cm³/mol. The molecule has 0 spiro atoms. The zero-order valence-electron chi connectivity index (χ0n) is 19.4. The molecule has 8 heteroatoms. The molecule has 2 N–H and O–H groups in total. The van der Waals surface area contributed by atoms with Crippen LogP contribution >= 0.6 is 15.9 Å². The van der Waals surface area contributed by atoms with E-state index in [1.807, 2.05) is 51.1 Å². The quantitative estimate of drug-likeness (QED) is 0.315. The monoisotopic (exact) mass is 523 g/mol. The van der Waals surface area contributed by atoms with Crippen LogP contribution in [0.25, 0.3) is 0 Å². The van der Waals surface area contributed by atoms with Gasteiger partial charge in [0.05, 0.1) is 17.8 Å². The van der Waals surface area contributed by atoms with Crippen LogP contribution in [0.5, 0.6) is 11.5 Å². The summed E-state index contributed by atoms with van der Waals surface area (Å²) in [6, 6.07) is 16.5. The molecule has 0 heterocycles. The van der Waals surface area contributed by atoms with E-state index in [1.165, 1.54) is 13.3 Å². The van der Waals surface area contributed by atoms with Crippen LogP contribution in [-0.2, 0) is 4.79 Å². The Balaban J connectivity index is 1.64. The van der Waals surface area contributed by atoms with Gasteiger partial charge in [0.1, 0.15) is 0 Å². The molecule has 0 bridgehead atoms. The second kappa shape index (κ2) is 11.5. The number of nitrogens with one attached hydrogen (secondary N) is 2. The molecule has 34 heavy (non-hydrogen) atoms. The first-order chi connectivity index (χ1) is 16.3. The van der Waals surface area contributed by atoms with E-state index in [0.717, 1.165) is 22.4 Å². The fourth-order valence-corrected chi connectivity index (χ4v) is 3.66. The third-order valence-corrected chi connectivity index (χ3v) is 5.55. The molecule has 3 rings (SSSR count). The van der Waals surface area contributed by atoms with Crippen LogP contribution < -0.4 is 20.2 Å². The minimum Gasteiger partial charge on any atom is -0.493 e. The molecule has 0 unspecified atom stereocenters. The minimum absolute atomic E-state index is 0.192. The number of halogens is 1. The lowest BCUT2D eigenvalue weighted by molar-refractivity contribution is -0.118. The van der Waals surface area contributed by atoms with Crippen molar-refractivity contribution in [2.24, 2.45) is 5.10 Å². The number of aryl methyl sites for hydroxylation is 3. The van der Waals surface area contributed by atoms with Gasteiger partial charge in [-0.1, -0.05) is 29.8 Å².